The van der Waals surface area contributed by atoms with E-state index in [1.165, 1.54) is 12.4 Å². The van der Waals surface area contributed by atoms with Crippen LogP contribution < -0.4 is 10.2 Å². The average Bonchev–Trinajstić information content (AvgIpc) is 2.99. The number of rotatable bonds is 5. The number of aromatic nitrogens is 2. The molecule has 4 nitrogen and oxygen atoms in total. The van der Waals surface area contributed by atoms with E-state index in [1.807, 2.05) is 25.5 Å². The fourth-order valence-corrected chi connectivity index (χ4v) is 3.60. The van der Waals surface area contributed by atoms with Gasteiger partial charge >= 0.3 is 0 Å². The fraction of sp³-hybridized carbons (Fsp3) is 0.250. The quantitative estimate of drug-likeness (QED) is 0.742. The van der Waals surface area contributed by atoms with Crippen molar-refractivity contribution in [2.75, 3.05) is 26.0 Å². The SMILES string of the molecule is C[NH+](C)[C@@H](CNc1ncnc2sccc12)c1c(F)cccc1Cl. The van der Waals surface area contributed by atoms with Crippen molar-refractivity contribution in [3.8, 4) is 0 Å². The van der Waals surface area contributed by atoms with E-state index >= 15 is 0 Å². The van der Waals surface area contributed by atoms with E-state index in [-0.39, 0.29) is 11.9 Å². The summed E-state index contributed by atoms with van der Waals surface area (Å²) in [6.07, 6.45) is 1.54. The third-order valence-electron chi connectivity index (χ3n) is 3.78. The van der Waals surface area contributed by atoms with E-state index in [4.69, 9.17) is 11.6 Å². The van der Waals surface area contributed by atoms with Crippen LogP contribution in [0.3, 0.4) is 0 Å². The van der Waals surface area contributed by atoms with Crippen LogP contribution in [0, 0.1) is 5.82 Å². The Balaban J connectivity index is 1.88. The Labute approximate surface area is 142 Å². The Kier molecular flexibility index (Phi) is 4.75. The Bertz CT molecular complexity index is 800. The number of hydrogen-bond donors (Lipinski definition) is 2. The van der Waals surface area contributed by atoms with Crippen LogP contribution in [0.15, 0.2) is 36.0 Å². The van der Waals surface area contributed by atoms with Crippen molar-refractivity contribution in [1.29, 1.82) is 0 Å². The van der Waals surface area contributed by atoms with E-state index in [2.05, 4.69) is 15.3 Å². The molecule has 0 saturated heterocycles. The topological polar surface area (TPSA) is 42.2 Å². The highest BCUT2D eigenvalue weighted by atomic mass is 35.5. The summed E-state index contributed by atoms with van der Waals surface area (Å²) in [6.45, 7) is 0.519. The van der Waals surface area contributed by atoms with Crippen molar-refractivity contribution < 1.29 is 9.29 Å². The second-order valence-corrected chi connectivity index (χ2v) is 6.81. The second-order valence-electron chi connectivity index (χ2n) is 5.51. The van der Waals surface area contributed by atoms with Crippen LogP contribution in [0.25, 0.3) is 10.2 Å². The van der Waals surface area contributed by atoms with Gasteiger partial charge in [0.25, 0.3) is 0 Å². The molecule has 0 radical (unpaired) electrons. The van der Waals surface area contributed by atoms with Gasteiger partial charge in [0, 0.05) is 0 Å². The zero-order chi connectivity index (χ0) is 16.4. The van der Waals surface area contributed by atoms with Crippen LogP contribution in [0.5, 0.6) is 0 Å². The number of thiophene rings is 1. The minimum atomic E-state index is -0.283. The smallest absolute Gasteiger partial charge is 0.138 e. The van der Waals surface area contributed by atoms with Gasteiger partial charge in [-0.05, 0) is 23.6 Å². The van der Waals surface area contributed by atoms with E-state index in [0.29, 0.717) is 17.1 Å². The minimum Gasteiger partial charge on any atom is -0.363 e. The van der Waals surface area contributed by atoms with Crippen molar-refractivity contribution in [2.45, 2.75) is 6.04 Å². The first kappa shape index (κ1) is 16.1. The van der Waals surface area contributed by atoms with Gasteiger partial charge in [0.2, 0.25) is 0 Å². The fourth-order valence-electron chi connectivity index (χ4n) is 2.57. The molecular weight excluding hydrogens is 335 g/mol. The molecule has 0 spiro atoms. The maximum Gasteiger partial charge on any atom is 0.138 e. The zero-order valence-electron chi connectivity index (χ0n) is 12.8. The first-order valence-electron chi connectivity index (χ1n) is 7.24. The highest BCUT2D eigenvalue weighted by Gasteiger charge is 2.24. The maximum atomic E-state index is 14.2. The molecule has 0 unspecified atom stereocenters. The van der Waals surface area contributed by atoms with Gasteiger partial charge in [-0.2, -0.15) is 0 Å². The van der Waals surface area contributed by atoms with Crippen LogP contribution in [0.1, 0.15) is 11.6 Å². The molecule has 2 N–H and O–H groups in total. The Hall–Kier alpha value is -1.76. The van der Waals surface area contributed by atoms with Crippen molar-refractivity contribution in [1.82, 2.24) is 9.97 Å². The van der Waals surface area contributed by atoms with Gasteiger partial charge < -0.3 is 10.2 Å². The number of halogens is 2. The molecule has 3 rings (SSSR count). The molecule has 0 saturated carbocycles. The Morgan fingerprint density at radius 2 is 2.13 bits per heavy atom. The summed E-state index contributed by atoms with van der Waals surface area (Å²) in [4.78, 5) is 10.5. The third kappa shape index (κ3) is 3.29. The molecule has 0 aliphatic carbocycles. The number of nitrogens with one attached hydrogen (secondary N) is 2. The van der Waals surface area contributed by atoms with Crippen molar-refractivity contribution in [2.24, 2.45) is 0 Å². The lowest BCUT2D eigenvalue weighted by Crippen LogP contribution is -3.06. The molecule has 120 valence electrons. The Morgan fingerprint density at radius 1 is 1.30 bits per heavy atom. The minimum absolute atomic E-state index is 0.132. The lowest BCUT2D eigenvalue weighted by atomic mass is 10.0. The molecule has 0 aliphatic heterocycles. The molecule has 7 heteroatoms. The van der Waals surface area contributed by atoms with Gasteiger partial charge in [0.1, 0.15) is 28.8 Å². The van der Waals surface area contributed by atoms with Crippen LogP contribution in [-0.2, 0) is 0 Å². The summed E-state index contributed by atoms with van der Waals surface area (Å²) in [7, 11) is 3.96. The molecule has 0 amide bonds. The predicted octanol–water partition coefficient (Wildman–Crippen LogP) is 2.78. The molecule has 0 aliphatic rings. The van der Waals surface area contributed by atoms with Crippen LogP contribution in [-0.4, -0.2) is 30.6 Å². The largest absolute Gasteiger partial charge is 0.363 e. The maximum absolute atomic E-state index is 14.2. The summed E-state index contributed by atoms with van der Waals surface area (Å²) in [5, 5.41) is 6.72. The Morgan fingerprint density at radius 3 is 2.87 bits per heavy atom. The zero-order valence-corrected chi connectivity index (χ0v) is 14.4. The van der Waals surface area contributed by atoms with Gasteiger partial charge in [-0.3, -0.25) is 0 Å². The molecular formula is C16H17ClFN4S+. The number of anilines is 1. The first-order chi connectivity index (χ1) is 11.1. The molecule has 1 aromatic carbocycles. The number of quaternary nitrogens is 1. The number of hydrogen-bond acceptors (Lipinski definition) is 4. The lowest BCUT2D eigenvalue weighted by Gasteiger charge is -2.23. The molecule has 1 atom stereocenters. The third-order valence-corrected chi connectivity index (χ3v) is 4.93. The molecule has 2 heterocycles. The van der Waals surface area contributed by atoms with Gasteiger partial charge in [0.05, 0.1) is 36.6 Å². The standard InChI is InChI=1S/C16H16ClFN4S/c1-22(2)13(14-11(17)4-3-5-12(14)18)8-19-15-10-6-7-23-16(10)21-9-20-15/h3-7,9,13H,8H2,1-2H3,(H,19,20,21)/p+1/t13-/m0/s1. The van der Waals surface area contributed by atoms with E-state index < -0.39 is 0 Å². The summed E-state index contributed by atoms with van der Waals surface area (Å²) in [5.41, 5.74) is 0.525. The molecule has 2 aromatic heterocycles. The van der Waals surface area contributed by atoms with Gasteiger partial charge in [-0.15, -0.1) is 11.3 Å². The first-order valence-corrected chi connectivity index (χ1v) is 8.49. The van der Waals surface area contributed by atoms with E-state index in [1.54, 1.807) is 23.5 Å². The normalized spacial score (nSPS) is 12.7. The van der Waals surface area contributed by atoms with Crippen molar-refractivity contribution >= 4 is 39.0 Å². The van der Waals surface area contributed by atoms with Crippen LogP contribution in [0.2, 0.25) is 5.02 Å². The molecule has 3 aromatic rings. The number of likely N-dealkylation sites (N-methyl/N-ethyl adjacent to an activating group) is 1. The van der Waals surface area contributed by atoms with Gasteiger partial charge in [-0.25, -0.2) is 14.4 Å². The number of fused-ring (bicyclic) bond motifs is 1. The second kappa shape index (κ2) is 6.78. The van der Waals surface area contributed by atoms with E-state index in [0.717, 1.165) is 20.9 Å². The average molecular weight is 352 g/mol. The highest BCUT2D eigenvalue weighted by Crippen LogP contribution is 2.26. The summed E-state index contributed by atoms with van der Waals surface area (Å²) in [5.74, 6) is 0.476. The van der Waals surface area contributed by atoms with E-state index in [9.17, 15) is 4.39 Å². The predicted molar refractivity (Wildman–Crippen MR) is 92.9 cm³/mol. The summed E-state index contributed by atoms with van der Waals surface area (Å²) < 4.78 is 14.2. The van der Waals surface area contributed by atoms with Crippen molar-refractivity contribution in [3.05, 3.63) is 52.4 Å². The summed E-state index contributed by atoms with van der Waals surface area (Å²) >= 11 is 7.79. The molecule has 0 bridgehead atoms. The molecule has 23 heavy (non-hydrogen) atoms. The van der Waals surface area contributed by atoms with Gasteiger partial charge in [-0.1, -0.05) is 17.7 Å². The summed E-state index contributed by atoms with van der Waals surface area (Å²) in [6, 6.07) is 6.63. The lowest BCUT2D eigenvalue weighted by molar-refractivity contribution is -0.890. The van der Waals surface area contributed by atoms with Gasteiger partial charge in [0.15, 0.2) is 0 Å². The number of benzene rings is 1. The van der Waals surface area contributed by atoms with Crippen molar-refractivity contribution in [3.63, 3.8) is 0 Å². The number of nitrogens with zero attached hydrogens (tertiary/aromatic N) is 2. The monoisotopic (exact) mass is 351 g/mol. The van der Waals surface area contributed by atoms with Crippen LogP contribution >= 0.6 is 22.9 Å². The van der Waals surface area contributed by atoms with Crippen LogP contribution in [0.4, 0.5) is 10.2 Å². The molecule has 0 fully saturated rings. The highest BCUT2D eigenvalue weighted by molar-refractivity contribution is 7.16.